The van der Waals surface area contributed by atoms with Gasteiger partial charge in [-0.25, -0.2) is 0 Å². The van der Waals surface area contributed by atoms with Gasteiger partial charge in [0.1, 0.15) is 5.75 Å². The molecular formula is C13H18BrNO. The molecule has 0 saturated carbocycles. The van der Waals surface area contributed by atoms with Crippen LogP contribution in [-0.2, 0) is 0 Å². The predicted molar refractivity (Wildman–Crippen MR) is 69.9 cm³/mol. The van der Waals surface area contributed by atoms with E-state index in [4.69, 9.17) is 4.74 Å². The number of benzene rings is 1. The molecule has 1 atom stereocenters. The van der Waals surface area contributed by atoms with Crippen molar-refractivity contribution in [3.63, 3.8) is 0 Å². The van der Waals surface area contributed by atoms with Crippen molar-refractivity contribution in [2.24, 2.45) is 0 Å². The predicted octanol–water partition coefficient (Wildman–Crippen LogP) is 3.66. The summed E-state index contributed by atoms with van der Waals surface area (Å²) in [4.78, 5) is 0. The number of halogens is 1. The standard InChI is InChI=1S/C13H18BrNO/c1-9(2)16-13-6-5-10(14)8-11(13)12-4-3-7-15-12/h5-6,8-9,12,15H,3-4,7H2,1-2H3. The summed E-state index contributed by atoms with van der Waals surface area (Å²) in [5.74, 6) is 1.01. The van der Waals surface area contributed by atoms with Gasteiger partial charge in [0, 0.05) is 16.1 Å². The molecule has 2 nitrogen and oxygen atoms in total. The van der Waals surface area contributed by atoms with E-state index in [9.17, 15) is 0 Å². The molecule has 3 heteroatoms. The normalized spacial score (nSPS) is 20.4. The molecule has 1 aliphatic rings. The summed E-state index contributed by atoms with van der Waals surface area (Å²) >= 11 is 3.53. The van der Waals surface area contributed by atoms with Crippen molar-refractivity contribution in [2.45, 2.75) is 38.8 Å². The Kier molecular flexibility index (Phi) is 3.87. The Labute approximate surface area is 106 Å². The Morgan fingerprint density at radius 3 is 2.88 bits per heavy atom. The highest BCUT2D eigenvalue weighted by atomic mass is 79.9. The molecule has 0 radical (unpaired) electrons. The van der Waals surface area contributed by atoms with Crippen molar-refractivity contribution in [3.05, 3.63) is 28.2 Å². The van der Waals surface area contributed by atoms with Gasteiger partial charge in [0.25, 0.3) is 0 Å². The average molecular weight is 284 g/mol. The molecule has 1 N–H and O–H groups in total. The molecule has 0 spiro atoms. The lowest BCUT2D eigenvalue weighted by Gasteiger charge is -2.18. The zero-order valence-corrected chi connectivity index (χ0v) is 11.4. The van der Waals surface area contributed by atoms with Gasteiger partial charge in [0.15, 0.2) is 0 Å². The lowest BCUT2D eigenvalue weighted by atomic mass is 10.0. The molecule has 16 heavy (non-hydrogen) atoms. The molecular weight excluding hydrogens is 266 g/mol. The third-order valence-electron chi connectivity index (χ3n) is 2.77. The first kappa shape index (κ1) is 11.9. The lowest BCUT2D eigenvalue weighted by molar-refractivity contribution is 0.238. The number of hydrogen-bond donors (Lipinski definition) is 1. The summed E-state index contributed by atoms with van der Waals surface area (Å²) in [6.07, 6.45) is 2.67. The summed E-state index contributed by atoms with van der Waals surface area (Å²) in [6, 6.07) is 6.71. The van der Waals surface area contributed by atoms with Gasteiger partial charge >= 0.3 is 0 Å². The molecule has 1 aromatic rings. The Morgan fingerprint density at radius 1 is 1.44 bits per heavy atom. The topological polar surface area (TPSA) is 21.3 Å². The lowest BCUT2D eigenvalue weighted by Crippen LogP contribution is -2.15. The Hall–Kier alpha value is -0.540. The molecule has 1 heterocycles. The van der Waals surface area contributed by atoms with Gasteiger partial charge < -0.3 is 10.1 Å². The van der Waals surface area contributed by atoms with Crippen LogP contribution in [0.25, 0.3) is 0 Å². The number of rotatable bonds is 3. The highest BCUT2D eigenvalue weighted by Crippen LogP contribution is 2.33. The van der Waals surface area contributed by atoms with Gasteiger partial charge in [-0.2, -0.15) is 0 Å². The first-order valence-corrected chi connectivity index (χ1v) is 6.65. The van der Waals surface area contributed by atoms with Gasteiger partial charge in [0.05, 0.1) is 6.10 Å². The van der Waals surface area contributed by atoms with E-state index in [-0.39, 0.29) is 6.10 Å². The molecule has 0 aromatic heterocycles. The highest BCUT2D eigenvalue weighted by Gasteiger charge is 2.20. The van der Waals surface area contributed by atoms with Crippen LogP contribution in [0, 0.1) is 0 Å². The number of hydrogen-bond acceptors (Lipinski definition) is 2. The summed E-state index contributed by atoms with van der Waals surface area (Å²) in [5, 5.41) is 3.51. The SMILES string of the molecule is CC(C)Oc1ccc(Br)cc1C1CCCN1. The quantitative estimate of drug-likeness (QED) is 0.914. The first-order valence-electron chi connectivity index (χ1n) is 5.86. The van der Waals surface area contributed by atoms with Crippen LogP contribution >= 0.6 is 15.9 Å². The third kappa shape index (κ3) is 2.77. The largest absolute Gasteiger partial charge is 0.491 e. The van der Waals surface area contributed by atoms with E-state index in [1.165, 1.54) is 18.4 Å². The number of nitrogens with one attached hydrogen (secondary N) is 1. The fourth-order valence-electron chi connectivity index (χ4n) is 2.10. The molecule has 88 valence electrons. The molecule has 1 aromatic carbocycles. The summed E-state index contributed by atoms with van der Waals surface area (Å²) < 4.78 is 6.97. The minimum absolute atomic E-state index is 0.223. The highest BCUT2D eigenvalue weighted by molar-refractivity contribution is 9.10. The van der Waals surface area contributed by atoms with E-state index in [1.807, 2.05) is 6.07 Å². The molecule has 2 rings (SSSR count). The second-order valence-electron chi connectivity index (χ2n) is 4.50. The van der Waals surface area contributed by atoms with Crippen LogP contribution in [0.5, 0.6) is 5.75 Å². The van der Waals surface area contributed by atoms with E-state index in [2.05, 4.69) is 47.2 Å². The molecule has 1 fully saturated rings. The first-order chi connectivity index (χ1) is 7.66. The van der Waals surface area contributed by atoms with Crippen LogP contribution in [0.1, 0.15) is 38.3 Å². The Bertz CT molecular complexity index is 359. The van der Waals surface area contributed by atoms with Crippen molar-refractivity contribution < 1.29 is 4.74 Å². The average Bonchev–Trinajstić information content (AvgIpc) is 2.73. The molecule has 1 aliphatic heterocycles. The minimum atomic E-state index is 0.223. The van der Waals surface area contributed by atoms with Crippen LogP contribution in [0.2, 0.25) is 0 Å². The monoisotopic (exact) mass is 283 g/mol. The second kappa shape index (κ2) is 5.19. The van der Waals surface area contributed by atoms with Crippen LogP contribution < -0.4 is 10.1 Å². The molecule has 0 amide bonds. The fraction of sp³-hybridized carbons (Fsp3) is 0.538. The van der Waals surface area contributed by atoms with Crippen molar-refractivity contribution >= 4 is 15.9 Å². The number of ether oxygens (including phenoxy) is 1. The van der Waals surface area contributed by atoms with Crippen LogP contribution in [-0.4, -0.2) is 12.6 Å². The molecule has 0 bridgehead atoms. The van der Waals surface area contributed by atoms with Crippen LogP contribution in [0.4, 0.5) is 0 Å². The zero-order valence-electron chi connectivity index (χ0n) is 9.79. The molecule has 1 unspecified atom stereocenters. The van der Waals surface area contributed by atoms with E-state index >= 15 is 0 Å². The second-order valence-corrected chi connectivity index (χ2v) is 5.41. The smallest absolute Gasteiger partial charge is 0.124 e. The van der Waals surface area contributed by atoms with Gasteiger partial charge in [-0.05, 0) is 51.4 Å². The zero-order chi connectivity index (χ0) is 11.5. The molecule has 0 aliphatic carbocycles. The van der Waals surface area contributed by atoms with Gasteiger partial charge in [0.2, 0.25) is 0 Å². The third-order valence-corrected chi connectivity index (χ3v) is 3.26. The van der Waals surface area contributed by atoms with E-state index in [0.29, 0.717) is 6.04 Å². The summed E-state index contributed by atoms with van der Waals surface area (Å²) in [6.45, 7) is 5.24. The van der Waals surface area contributed by atoms with E-state index < -0.39 is 0 Å². The molecule has 1 saturated heterocycles. The Balaban J connectivity index is 2.28. The van der Waals surface area contributed by atoms with Gasteiger partial charge in [-0.1, -0.05) is 15.9 Å². The Morgan fingerprint density at radius 2 is 2.25 bits per heavy atom. The van der Waals surface area contributed by atoms with Crippen molar-refractivity contribution in [3.8, 4) is 5.75 Å². The maximum atomic E-state index is 5.85. The van der Waals surface area contributed by atoms with Crippen molar-refractivity contribution in [2.75, 3.05) is 6.54 Å². The fourth-order valence-corrected chi connectivity index (χ4v) is 2.48. The van der Waals surface area contributed by atoms with E-state index in [1.54, 1.807) is 0 Å². The van der Waals surface area contributed by atoms with Crippen LogP contribution in [0.15, 0.2) is 22.7 Å². The summed E-state index contributed by atoms with van der Waals surface area (Å²) in [5.41, 5.74) is 1.28. The van der Waals surface area contributed by atoms with Gasteiger partial charge in [-0.15, -0.1) is 0 Å². The van der Waals surface area contributed by atoms with Crippen molar-refractivity contribution in [1.29, 1.82) is 0 Å². The van der Waals surface area contributed by atoms with Crippen molar-refractivity contribution in [1.82, 2.24) is 5.32 Å². The van der Waals surface area contributed by atoms with Gasteiger partial charge in [-0.3, -0.25) is 0 Å². The van der Waals surface area contributed by atoms with Crippen LogP contribution in [0.3, 0.4) is 0 Å². The minimum Gasteiger partial charge on any atom is -0.491 e. The maximum Gasteiger partial charge on any atom is 0.124 e. The summed E-state index contributed by atoms with van der Waals surface area (Å²) in [7, 11) is 0. The maximum absolute atomic E-state index is 5.85. The van der Waals surface area contributed by atoms with E-state index in [0.717, 1.165) is 16.8 Å².